The highest BCUT2D eigenvalue weighted by atomic mass is 35.5. The number of hydrogen-bond acceptors (Lipinski definition) is 7. The lowest BCUT2D eigenvalue weighted by Crippen LogP contribution is -2.48. The van der Waals surface area contributed by atoms with Crippen molar-refractivity contribution in [2.24, 2.45) is 0 Å². The average Bonchev–Trinajstić information content (AvgIpc) is 3.47. The van der Waals surface area contributed by atoms with Gasteiger partial charge in [0.25, 0.3) is 0 Å². The Morgan fingerprint density at radius 2 is 2.08 bits per heavy atom. The van der Waals surface area contributed by atoms with Crippen LogP contribution in [0.5, 0.6) is 5.75 Å². The number of amides is 1. The second-order valence-corrected chi connectivity index (χ2v) is 11.7. The summed E-state index contributed by atoms with van der Waals surface area (Å²) in [5, 5.41) is 11.3. The number of phenolic OH excluding ortho intramolecular Hbond substituents is 1. The summed E-state index contributed by atoms with van der Waals surface area (Å²) in [7, 11) is 0. The molecule has 2 fully saturated rings. The first-order valence-electron chi connectivity index (χ1n) is 13.4. The second-order valence-electron chi connectivity index (χ2n) is 11.3. The number of ether oxygens (including phenoxy) is 2. The lowest BCUT2D eigenvalue weighted by Gasteiger charge is -2.34. The molecule has 3 atom stereocenters. The summed E-state index contributed by atoms with van der Waals surface area (Å²) in [5.41, 5.74) is 1.21. The van der Waals surface area contributed by atoms with E-state index in [-0.39, 0.29) is 24.0 Å². The number of pyridine rings is 1. The van der Waals surface area contributed by atoms with Crippen molar-refractivity contribution in [3.8, 4) is 17.1 Å². The van der Waals surface area contributed by atoms with Crippen LogP contribution in [0.3, 0.4) is 0 Å². The molecule has 9 nitrogen and oxygen atoms in total. The van der Waals surface area contributed by atoms with Crippen molar-refractivity contribution in [2.45, 2.75) is 70.9 Å². The van der Waals surface area contributed by atoms with Crippen molar-refractivity contribution in [3.63, 3.8) is 0 Å². The van der Waals surface area contributed by atoms with Crippen molar-refractivity contribution in [1.82, 2.24) is 19.4 Å². The zero-order valence-electron chi connectivity index (χ0n) is 22.9. The molecule has 0 radical (unpaired) electrons. The fourth-order valence-corrected chi connectivity index (χ4v) is 5.62. The molecule has 2 aliphatic heterocycles. The molecular weight excluding hydrogens is 518 g/mol. The Morgan fingerprint density at radius 1 is 1.28 bits per heavy atom. The minimum atomic E-state index is -0.584. The van der Waals surface area contributed by atoms with Gasteiger partial charge in [-0.2, -0.15) is 0 Å². The number of rotatable bonds is 5. The van der Waals surface area contributed by atoms with E-state index >= 15 is 0 Å². The Balaban J connectivity index is 1.47. The molecule has 0 aliphatic carbocycles. The molecule has 4 heterocycles. The second kappa shape index (κ2) is 10.7. The normalized spacial score (nSPS) is 21.9. The smallest absolute Gasteiger partial charge is 0.410 e. The average molecular weight is 554 g/mol. The predicted octanol–water partition coefficient (Wildman–Crippen LogP) is 5.64. The molecule has 1 amide bonds. The molecule has 1 N–H and O–H groups in total. The van der Waals surface area contributed by atoms with Crippen LogP contribution in [0.1, 0.15) is 40.5 Å². The highest BCUT2D eigenvalue weighted by Gasteiger charge is 2.31. The lowest BCUT2D eigenvalue weighted by molar-refractivity contribution is -0.0468. The maximum absolute atomic E-state index is 12.7. The standard InChI is InChI=1S/C29H36ClN5O4/c1-6-20-9-7-18(2)35(20)24-12-8-19(15-31-24)27-32-25-22(30)10-11-23(36)26(25)34(27)17-21-16-33(13-14-38-21)28(37)39-29(3,4)5/h6,8,10-12,15,18,20-21,36H,1,7,9,13-14,16-17H2,2-5H3/t18-,20-,21-/m0/s1. The summed E-state index contributed by atoms with van der Waals surface area (Å²) in [6.07, 6.45) is 5.23. The first-order valence-corrected chi connectivity index (χ1v) is 13.8. The molecule has 0 saturated carbocycles. The number of hydrogen-bond donors (Lipinski definition) is 1. The van der Waals surface area contributed by atoms with Crippen LogP contribution < -0.4 is 4.90 Å². The minimum Gasteiger partial charge on any atom is -0.506 e. The van der Waals surface area contributed by atoms with E-state index < -0.39 is 5.60 Å². The van der Waals surface area contributed by atoms with Gasteiger partial charge in [0.2, 0.25) is 0 Å². The first kappa shape index (κ1) is 27.3. The maximum Gasteiger partial charge on any atom is 0.410 e. The Labute approximate surface area is 234 Å². The van der Waals surface area contributed by atoms with Crippen LogP contribution in [0.25, 0.3) is 22.4 Å². The fraction of sp³-hybridized carbons (Fsp3) is 0.483. The van der Waals surface area contributed by atoms with Crippen LogP contribution in [0, 0.1) is 0 Å². The monoisotopic (exact) mass is 553 g/mol. The predicted molar refractivity (Wildman–Crippen MR) is 152 cm³/mol. The number of carbonyl (C=O) groups is 1. The summed E-state index contributed by atoms with van der Waals surface area (Å²) in [6, 6.07) is 7.82. The number of imidazole rings is 1. The van der Waals surface area contributed by atoms with Crippen LogP contribution in [-0.4, -0.2) is 74.1 Å². The van der Waals surface area contributed by atoms with Gasteiger partial charge < -0.3 is 28.9 Å². The quantitative estimate of drug-likeness (QED) is 0.409. The topological polar surface area (TPSA) is 93.0 Å². The van der Waals surface area contributed by atoms with E-state index in [1.807, 2.05) is 43.5 Å². The van der Waals surface area contributed by atoms with Gasteiger partial charge in [0.1, 0.15) is 34.0 Å². The zero-order valence-corrected chi connectivity index (χ0v) is 23.7. The van der Waals surface area contributed by atoms with Crippen molar-refractivity contribution >= 4 is 34.5 Å². The first-order chi connectivity index (χ1) is 18.6. The molecule has 10 heteroatoms. The minimum absolute atomic E-state index is 0.0669. The molecule has 0 unspecified atom stereocenters. The van der Waals surface area contributed by atoms with Gasteiger partial charge in [-0.1, -0.05) is 17.7 Å². The number of morpholine rings is 1. The molecule has 3 aromatic rings. The highest BCUT2D eigenvalue weighted by Crippen LogP contribution is 2.36. The SMILES string of the molecule is C=C[C@H]1CC[C@H](C)N1c1ccc(-c2nc3c(Cl)ccc(O)c3n2C[C@@H]2CN(C(=O)OC(C)(C)C)CCO2)cn1. The van der Waals surface area contributed by atoms with Gasteiger partial charge in [-0.05, 0) is 64.8 Å². The summed E-state index contributed by atoms with van der Waals surface area (Å²) in [6.45, 7) is 13.3. The zero-order chi connectivity index (χ0) is 27.9. The third kappa shape index (κ3) is 5.56. The van der Waals surface area contributed by atoms with Gasteiger partial charge >= 0.3 is 6.09 Å². The van der Waals surface area contributed by atoms with Gasteiger partial charge in [-0.25, -0.2) is 14.8 Å². The molecular formula is C29H36ClN5O4. The van der Waals surface area contributed by atoms with Gasteiger partial charge in [0.05, 0.1) is 30.8 Å². The number of aromatic hydroxyl groups is 1. The molecule has 208 valence electrons. The number of nitrogens with zero attached hydrogens (tertiary/aromatic N) is 5. The fourth-order valence-electron chi connectivity index (χ4n) is 5.43. The maximum atomic E-state index is 12.7. The number of halogens is 1. The number of fused-ring (bicyclic) bond motifs is 1. The summed E-state index contributed by atoms with van der Waals surface area (Å²) < 4.78 is 13.5. The van der Waals surface area contributed by atoms with E-state index in [0.29, 0.717) is 54.2 Å². The van der Waals surface area contributed by atoms with Crippen molar-refractivity contribution in [1.29, 1.82) is 0 Å². The van der Waals surface area contributed by atoms with Crippen molar-refractivity contribution in [2.75, 3.05) is 24.6 Å². The van der Waals surface area contributed by atoms with Gasteiger partial charge in [-0.15, -0.1) is 6.58 Å². The largest absolute Gasteiger partial charge is 0.506 e. The third-order valence-electron chi connectivity index (χ3n) is 7.26. The Hall–Kier alpha value is -3.30. The molecule has 2 aliphatic rings. The van der Waals surface area contributed by atoms with E-state index in [4.69, 9.17) is 31.0 Å². The molecule has 39 heavy (non-hydrogen) atoms. The van der Waals surface area contributed by atoms with Gasteiger partial charge in [0.15, 0.2) is 0 Å². The Kier molecular flexibility index (Phi) is 7.48. The van der Waals surface area contributed by atoms with E-state index in [9.17, 15) is 9.90 Å². The number of aromatic nitrogens is 3. The summed E-state index contributed by atoms with van der Waals surface area (Å²) >= 11 is 6.51. The number of benzene rings is 1. The van der Waals surface area contributed by atoms with Crippen LogP contribution in [0.15, 0.2) is 43.1 Å². The molecule has 2 aromatic heterocycles. The number of carbonyl (C=O) groups excluding carboxylic acids is 1. The van der Waals surface area contributed by atoms with Crippen LogP contribution in [-0.2, 0) is 16.0 Å². The van der Waals surface area contributed by atoms with Crippen LogP contribution >= 0.6 is 11.6 Å². The Bertz CT molecular complexity index is 1370. The number of phenols is 1. The van der Waals surface area contributed by atoms with Crippen molar-refractivity contribution < 1.29 is 19.4 Å². The van der Waals surface area contributed by atoms with Crippen molar-refractivity contribution in [3.05, 3.63) is 48.1 Å². The van der Waals surface area contributed by atoms with E-state index in [0.717, 1.165) is 24.2 Å². The Morgan fingerprint density at radius 3 is 2.77 bits per heavy atom. The van der Waals surface area contributed by atoms with E-state index in [2.05, 4.69) is 18.4 Å². The van der Waals surface area contributed by atoms with E-state index in [1.165, 1.54) is 0 Å². The summed E-state index contributed by atoms with van der Waals surface area (Å²) in [5.74, 6) is 1.57. The molecule has 0 spiro atoms. The molecule has 2 saturated heterocycles. The van der Waals surface area contributed by atoms with E-state index in [1.54, 1.807) is 23.2 Å². The number of anilines is 1. The highest BCUT2D eigenvalue weighted by molar-refractivity contribution is 6.35. The summed E-state index contributed by atoms with van der Waals surface area (Å²) in [4.78, 5) is 26.3. The van der Waals surface area contributed by atoms with Crippen LogP contribution in [0.4, 0.5) is 10.6 Å². The van der Waals surface area contributed by atoms with Gasteiger partial charge in [-0.3, -0.25) is 0 Å². The lowest BCUT2D eigenvalue weighted by atomic mass is 10.2. The van der Waals surface area contributed by atoms with Gasteiger partial charge in [0, 0.05) is 30.4 Å². The molecule has 1 aromatic carbocycles. The molecule has 5 rings (SSSR count). The van der Waals surface area contributed by atoms with Crippen LogP contribution in [0.2, 0.25) is 5.02 Å². The molecule has 0 bridgehead atoms. The third-order valence-corrected chi connectivity index (χ3v) is 7.56.